The molecule has 3 rings (SSSR count). The highest BCUT2D eigenvalue weighted by molar-refractivity contribution is 6.01. The van der Waals surface area contributed by atoms with E-state index in [2.05, 4.69) is 5.32 Å². The molecule has 1 N–H and O–H groups in total. The quantitative estimate of drug-likeness (QED) is 0.0289. The number of carbonyl (C=O) groups is 6. The lowest BCUT2D eigenvalue weighted by Crippen LogP contribution is -2.37. The predicted octanol–water partition coefficient (Wildman–Crippen LogP) is 5.28. The fourth-order valence-corrected chi connectivity index (χ4v) is 9.85. The molecule has 0 radical (unpaired) electrons. The van der Waals surface area contributed by atoms with Crippen molar-refractivity contribution in [2.24, 2.45) is 5.92 Å². The van der Waals surface area contributed by atoms with Crippen LogP contribution in [-0.4, -0.2) is 364 Å². The lowest BCUT2D eigenvalue weighted by atomic mass is 10.0. The van der Waals surface area contributed by atoms with Gasteiger partial charge in [-0.15, -0.1) is 5.06 Å². The number of nitrogens with one attached hydrogen (secondary N) is 1. The molecular formula is C83H138N2O33. The van der Waals surface area contributed by atoms with Gasteiger partial charge in [0, 0.05) is 25.8 Å². The predicted molar refractivity (Wildman–Crippen MR) is 427 cm³/mol. The minimum Gasteiger partial charge on any atom is -0.461 e. The Balaban J connectivity index is 0.893. The van der Waals surface area contributed by atoms with E-state index >= 15 is 0 Å². The lowest BCUT2D eigenvalue weighted by Gasteiger charge is -2.15. The van der Waals surface area contributed by atoms with Crippen molar-refractivity contribution in [3.63, 3.8) is 0 Å². The van der Waals surface area contributed by atoms with Crippen LogP contribution in [0.4, 0.5) is 0 Å². The van der Waals surface area contributed by atoms with E-state index in [1.54, 1.807) is 0 Å². The zero-order chi connectivity index (χ0) is 83.9. The van der Waals surface area contributed by atoms with Crippen LogP contribution in [0.25, 0.3) is 0 Å². The van der Waals surface area contributed by atoms with Gasteiger partial charge in [-0.25, -0.2) is 4.79 Å². The summed E-state index contributed by atoms with van der Waals surface area (Å²) in [5.41, 5.74) is 1.82. The number of rotatable bonds is 92. The number of unbranched alkanes of at least 4 members (excludes halogenated alkanes) is 5. The smallest absolute Gasteiger partial charge is 0.335 e. The third-order valence-electron chi connectivity index (χ3n) is 16.1. The van der Waals surface area contributed by atoms with E-state index < -0.39 is 35.6 Å². The van der Waals surface area contributed by atoms with E-state index in [1.807, 2.05) is 72.8 Å². The molecule has 1 fully saturated rings. The fraction of sp³-hybridized carbons (Fsp3) is 0.759. The molecule has 2 aromatic rings. The van der Waals surface area contributed by atoms with Gasteiger partial charge in [-0.2, -0.15) is 0 Å². The second-order valence-electron chi connectivity index (χ2n) is 25.6. The number of nitrogens with zero attached hydrogens (tertiary/aromatic N) is 1. The first-order chi connectivity index (χ1) is 58.3. The van der Waals surface area contributed by atoms with Crippen LogP contribution in [0.2, 0.25) is 0 Å². The van der Waals surface area contributed by atoms with Crippen LogP contribution < -0.4 is 5.32 Å². The molecule has 1 heterocycles. The maximum atomic E-state index is 13.2. The maximum Gasteiger partial charge on any atom is 0.335 e. The highest BCUT2D eigenvalue weighted by atomic mass is 16.7. The van der Waals surface area contributed by atoms with Crippen molar-refractivity contribution in [3.05, 3.63) is 83.9 Å². The number of benzene rings is 2. The average molecular weight is 1690 g/mol. The molecule has 1 atom stereocenters. The van der Waals surface area contributed by atoms with Gasteiger partial charge in [0.15, 0.2) is 0 Å². The minimum atomic E-state index is -0.987. The second kappa shape index (κ2) is 84.8. The van der Waals surface area contributed by atoms with E-state index in [0.717, 1.165) is 49.7 Å². The Kier molecular flexibility index (Phi) is 76.5. The van der Waals surface area contributed by atoms with Crippen molar-refractivity contribution >= 4 is 35.6 Å². The molecule has 3 amide bonds. The fourth-order valence-electron chi connectivity index (χ4n) is 9.85. The zero-order valence-corrected chi connectivity index (χ0v) is 69.8. The van der Waals surface area contributed by atoms with Gasteiger partial charge in [-0.05, 0) is 36.8 Å². The Morgan fingerprint density at radius 3 is 0.864 bits per heavy atom. The first kappa shape index (κ1) is 106. The molecule has 1 unspecified atom stereocenters. The van der Waals surface area contributed by atoms with Gasteiger partial charge in [0.05, 0.1) is 324 Å². The van der Waals surface area contributed by atoms with E-state index in [-0.39, 0.29) is 64.6 Å². The van der Waals surface area contributed by atoms with Crippen LogP contribution in [0.1, 0.15) is 81.8 Å². The first-order valence-corrected chi connectivity index (χ1v) is 41.6. The Bertz CT molecular complexity index is 2610. The van der Waals surface area contributed by atoms with Crippen LogP contribution in [0.3, 0.4) is 0 Å². The molecule has 0 aromatic heterocycles. The maximum absolute atomic E-state index is 13.2. The summed E-state index contributed by atoms with van der Waals surface area (Å²) in [6, 6.07) is 19.0. The molecular weight excluding hydrogens is 1550 g/mol. The molecule has 1 saturated heterocycles. The molecule has 1 aliphatic heterocycles. The van der Waals surface area contributed by atoms with Crippen LogP contribution >= 0.6 is 0 Å². The number of imide groups is 1. The van der Waals surface area contributed by atoms with Crippen molar-refractivity contribution in [1.82, 2.24) is 10.4 Å². The summed E-state index contributed by atoms with van der Waals surface area (Å²) in [5.74, 6) is -3.90. The molecule has 0 spiro atoms. The first-order valence-electron chi connectivity index (χ1n) is 41.6. The van der Waals surface area contributed by atoms with E-state index in [0.29, 0.717) is 315 Å². The Hall–Kier alpha value is -5.76. The summed E-state index contributed by atoms with van der Waals surface area (Å²) in [4.78, 5) is 77.7. The number of ether oxygens (including phenoxy) is 26. The largest absolute Gasteiger partial charge is 0.461 e. The molecule has 2 aromatic carbocycles. The lowest BCUT2D eigenvalue weighted by molar-refractivity contribution is -0.198. The SMILES string of the molecule is O=C(CCCCCCCC=CCC(C(=O)NCCOCCOCCOCCOCCOCCOCCOCCOCCOCCOCCOCCOCCOCCOCCOCCOCCOCCOCCOCCOCCOCCOCCOCCOCCC(=O)ON1C(=O)CCC1=O)C(=O)OCc1ccccc1)OCc1ccccc1. The van der Waals surface area contributed by atoms with Gasteiger partial charge < -0.3 is 133 Å². The highest BCUT2D eigenvalue weighted by Gasteiger charge is 2.33. The van der Waals surface area contributed by atoms with Crippen molar-refractivity contribution in [2.75, 3.05) is 324 Å². The molecule has 678 valence electrons. The van der Waals surface area contributed by atoms with E-state index in [4.69, 9.17) is 128 Å². The van der Waals surface area contributed by atoms with Crippen molar-refractivity contribution in [3.8, 4) is 0 Å². The summed E-state index contributed by atoms with van der Waals surface area (Å²) >= 11 is 0. The topological polar surface area (TPSA) is 367 Å². The summed E-state index contributed by atoms with van der Waals surface area (Å²) in [6.45, 7) is 21.1. The van der Waals surface area contributed by atoms with Crippen LogP contribution in [0.15, 0.2) is 72.8 Å². The number of esters is 2. The summed E-state index contributed by atoms with van der Waals surface area (Å²) in [5, 5.41) is 3.33. The van der Waals surface area contributed by atoms with Gasteiger partial charge in [-0.1, -0.05) is 92.1 Å². The molecule has 118 heavy (non-hydrogen) atoms. The van der Waals surface area contributed by atoms with Crippen molar-refractivity contribution < 1.29 is 157 Å². The van der Waals surface area contributed by atoms with Gasteiger partial charge in [-0.3, -0.25) is 24.0 Å². The number of carbonyl (C=O) groups excluding carboxylic acids is 6. The standard InChI is InChI=1S/C83H138N2O33/c86-78-21-22-79(87)85(78)118-81(89)23-25-92-27-29-94-31-33-96-35-37-98-39-41-100-43-45-102-47-49-104-51-53-106-55-57-108-59-61-110-63-65-112-67-69-114-71-72-115-70-68-113-66-64-111-62-60-109-58-56-107-54-52-105-50-48-103-46-44-101-42-40-99-38-36-97-34-32-95-30-28-93-26-24-84-82(90)77(83(91)117-74-76-17-11-8-12-18-76)19-13-5-3-1-2-4-6-14-20-80(88)116-73-75-15-9-7-10-16-75/h5,7-13,15-18,77H,1-4,6,14,19-74H2,(H,84,90). The summed E-state index contributed by atoms with van der Waals surface area (Å²) in [6.07, 6.45) is 10.1. The molecule has 0 bridgehead atoms. The normalized spacial score (nSPS) is 12.6. The second-order valence-corrected chi connectivity index (χ2v) is 25.6. The van der Waals surface area contributed by atoms with Crippen molar-refractivity contribution in [2.45, 2.75) is 83.8 Å². The molecule has 0 saturated carbocycles. The third kappa shape index (κ3) is 70.9. The van der Waals surface area contributed by atoms with Crippen LogP contribution in [0, 0.1) is 5.92 Å². The van der Waals surface area contributed by atoms with Gasteiger partial charge >= 0.3 is 17.9 Å². The minimum absolute atomic E-state index is 0.0489. The van der Waals surface area contributed by atoms with Crippen LogP contribution in [0.5, 0.6) is 0 Å². The Morgan fingerprint density at radius 1 is 0.297 bits per heavy atom. The number of hydroxylamine groups is 2. The molecule has 35 nitrogen and oxygen atoms in total. The van der Waals surface area contributed by atoms with Crippen LogP contribution in [-0.2, 0) is 170 Å². The summed E-state index contributed by atoms with van der Waals surface area (Å²) < 4.78 is 143. The summed E-state index contributed by atoms with van der Waals surface area (Å²) in [7, 11) is 0. The average Bonchev–Trinajstić information content (AvgIpc) is 1.70. The zero-order valence-electron chi connectivity index (χ0n) is 69.8. The van der Waals surface area contributed by atoms with E-state index in [9.17, 15) is 28.8 Å². The molecule has 35 heteroatoms. The third-order valence-corrected chi connectivity index (χ3v) is 16.1. The monoisotopic (exact) mass is 1690 g/mol. The number of hydrogen-bond donors (Lipinski definition) is 1. The Labute approximate surface area is 697 Å². The van der Waals surface area contributed by atoms with Gasteiger partial charge in [0.2, 0.25) is 5.91 Å². The number of allylic oxidation sites excluding steroid dienone is 2. The Morgan fingerprint density at radius 2 is 0.559 bits per heavy atom. The van der Waals surface area contributed by atoms with Crippen molar-refractivity contribution in [1.29, 1.82) is 0 Å². The molecule has 0 aliphatic carbocycles. The van der Waals surface area contributed by atoms with Gasteiger partial charge in [0.25, 0.3) is 11.8 Å². The highest BCUT2D eigenvalue weighted by Crippen LogP contribution is 2.15. The van der Waals surface area contributed by atoms with E-state index in [1.165, 1.54) is 0 Å². The number of hydrogen-bond acceptors (Lipinski definition) is 33. The molecule has 1 aliphatic rings. The number of amides is 3. The van der Waals surface area contributed by atoms with Gasteiger partial charge in [0.1, 0.15) is 19.1 Å².